The fourth-order valence-corrected chi connectivity index (χ4v) is 1.45. The second-order valence-electron chi connectivity index (χ2n) is 4.62. The van der Waals surface area contributed by atoms with Crippen LogP contribution >= 0.6 is 0 Å². The number of likely N-dealkylation sites (N-methyl/N-ethyl adjacent to an activating group) is 1. The lowest BCUT2D eigenvalue weighted by molar-refractivity contribution is 0.0525. The lowest BCUT2D eigenvalue weighted by Crippen LogP contribution is -2.19. The molecule has 1 rings (SSSR count). The van der Waals surface area contributed by atoms with Crippen molar-refractivity contribution < 1.29 is 9.47 Å². The van der Waals surface area contributed by atoms with E-state index >= 15 is 0 Å². The van der Waals surface area contributed by atoms with Crippen LogP contribution in [0.4, 0.5) is 5.82 Å². The smallest absolute Gasteiger partial charge is 0.125 e. The molecule has 1 aromatic heterocycles. The predicted molar refractivity (Wildman–Crippen MR) is 83.0 cm³/mol. The maximum Gasteiger partial charge on any atom is 0.125 e. The summed E-state index contributed by atoms with van der Waals surface area (Å²) in [4.78, 5) is 6.33. The third-order valence-corrected chi connectivity index (χ3v) is 2.62. The van der Waals surface area contributed by atoms with Crippen LogP contribution in [0, 0.1) is 0 Å². The average Bonchev–Trinajstić information content (AvgIpc) is 2.46. The van der Waals surface area contributed by atoms with Crippen molar-refractivity contribution in [1.82, 2.24) is 9.88 Å². The minimum atomic E-state index is 0.588. The minimum Gasteiger partial charge on any atom is -0.378 e. The van der Waals surface area contributed by atoms with Crippen LogP contribution in [0.1, 0.15) is 5.56 Å². The summed E-state index contributed by atoms with van der Waals surface area (Å²) < 4.78 is 10.9. The molecule has 0 spiro atoms. The molecule has 112 valence electrons. The zero-order valence-corrected chi connectivity index (χ0v) is 12.6. The number of ether oxygens (including phenoxy) is 2. The SMILES string of the molecule is CNc1ccc(/C=C/COCCOCCN(C)C)cn1. The molecule has 0 unspecified atom stereocenters. The molecule has 0 amide bonds. The van der Waals surface area contributed by atoms with Crippen LogP contribution < -0.4 is 5.32 Å². The Balaban J connectivity index is 2.04. The first-order chi connectivity index (χ1) is 9.72. The van der Waals surface area contributed by atoms with Crippen molar-refractivity contribution in [1.29, 1.82) is 0 Å². The van der Waals surface area contributed by atoms with Crippen LogP contribution in [-0.2, 0) is 9.47 Å². The van der Waals surface area contributed by atoms with Crippen molar-refractivity contribution in [2.45, 2.75) is 0 Å². The molecule has 0 fully saturated rings. The Morgan fingerprint density at radius 3 is 2.65 bits per heavy atom. The molecule has 0 aliphatic rings. The number of hydrogen-bond donors (Lipinski definition) is 1. The fourth-order valence-electron chi connectivity index (χ4n) is 1.45. The normalized spacial score (nSPS) is 11.4. The van der Waals surface area contributed by atoms with E-state index in [4.69, 9.17) is 9.47 Å². The van der Waals surface area contributed by atoms with Crippen molar-refractivity contribution in [3.05, 3.63) is 30.0 Å². The van der Waals surface area contributed by atoms with Crippen molar-refractivity contribution >= 4 is 11.9 Å². The summed E-state index contributed by atoms with van der Waals surface area (Å²) in [5.41, 5.74) is 1.06. The molecule has 0 bridgehead atoms. The van der Waals surface area contributed by atoms with E-state index in [1.54, 1.807) is 0 Å². The maximum atomic E-state index is 5.45. The minimum absolute atomic E-state index is 0.588. The molecule has 1 aromatic rings. The van der Waals surface area contributed by atoms with Gasteiger partial charge in [0.1, 0.15) is 5.82 Å². The third-order valence-electron chi connectivity index (χ3n) is 2.62. The molecule has 0 aliphatic carbocycles. The largest absolute Gasteiger partial charge is 0.378 e. The first kappa shape index (κ1) is 16.6. The van der Waals surface area contributed by atoms with Gasteiger partial charge in [-0.2, -0.15) is 0 Å². The summed E-state index contributed by atoms with van der Waals surface area (Å²) in [6.07, 6.45) is 5.81. The Bertz CT molecular complexity index is 377. The van der Waals surface area contributed by atoms with E-state index in [9.17, 15) is 0 Å². The second kappa shape index (κ2) is 10.4. The van der Waals surface area contributed by atoms with Crippen LogP contribution in [0.5, 0.6) is 0 Å². The summed E-state index contributed by atoms with van der Waals surface area (Å²) in [6.45, 7) is 3.53. The first-order valence-electron chi connectivity index (χ1n) is 6.83. The molecule has 5 heteroatoms. The monoisotopic (exact) mass is 279 g/mol. The van der Waals surface area contributed by atoms with Crippen molar-refractivity contribution in [2.24, 2.45) is 0 Å². The summed E-state index contributed by atoms with van der Waals surface area (Å²) in [6, 6.07) is 3.96. The number of nitrogens with zero attached hydrogens (tertiary/aromatic N) is 2. The van der Waals surface area contributed by atoms with Gasteiger partial charge in [-0.25, -0.2) is 4.98 Å². The van der Waals surface area contributed by atoms with Gasteiger partial charge in [-0.3, -0.25) is 0 Å². The molecule has 0 saturated heterocycles. The van der Waals surface area contributed by atoms with Crippen LogP contribution in [-0.4, -0.2) is 64.0 Å². The number of pyridine rings is 1. The van der Waals surface area contributed by atoms with Crippen molar-refractivity contribution in [3.63, 3.8) is 0 Å². The van der Waals surface area contributed by atoms with Gasteiger partial charge in [0.15, 0.2) is 0 Å². The van der Waals surface area contributed by atoms with E-state index in [0.29, 0.717) is 19.8 Å². The standard InChI is InChI=1S/C15H25N3O2/c1-16-15-7-6-14(13-17-15)5-4-9-19-11-12-20-10-8-18(2)3/h4-7,13H,8-12H2,1-3H3,(H,16,17)/b5-4+. The second-order valence-corrected chi connectivity index (χ2v) is 4.62. The van der Waals surface area contributed by atoms with Gasteiger partial charge in [-0.15, -0.1) is 0 Å². The number of anilines is 1. The van der Waals surface area contributed by atoms with Gasteiger partial charge < -0.3 is 19.7 Å². The fraction of sp³-hybridized carbons (Fsp3) is 0.533. The molecule has 0 saturated carbocycles. The molecule has 1 N–H and O–H groups in total. The zero-order valence-electron chi connectivity index (χ0n) is 12.6. The highest BCUT2D eigenvalue weighted by atomic mass is 16.5. The average molecular weight is 279 g/mol. The van der Waals surface area contributed by atoms with E-state index in [0.717, 1.165) is 24.5 Å². The van der Waals surface area contributed by atoms with E-state index < -0.39 is 0 Å². The highest BCUT2D eigenvalue weighted by Crippen LogP contribution is 2.05. The first-order valence-corrected chi connectivity index (χ1v) is 6.83. The van der Waals surface area contributed by atoms with Gasteiger partial charge >= 0.3 is 0 Å². The van der Waals surface area contributed by atoms with Gasteiger partial charge in [0.25, 0.3) is 0 Å². The third kappa shape index (κ3) is 7.89. The van der Waals surface area contributed by atoms with Gasteiger partial charge in [-0.05, 0) is 31.8 Å². The maximum absolute atomic E-state index is 5.45. The highest BCUT2D eigenvalue weighted by Gasteiger charge is 1.92. The summed E-state index contributed by atoms with van der Waals surface area (Å²) in [7, 11) is 5.91. The number of hydrogen-bond acceptors (Lipinski definition) is 5. The van der Waals surface area contributed by atoms with Gasteiger partial charge in [0.2, 0.25) is 0 Å². The molecule has 20 heavy (non-hydrogen) atoms. The molecule has 1 heterocycles. The van der Waals surface area contributed by atoms with Crippen LogP contribution in [0.2, 0.25) is 0 Å². The molecule has 0 aliphatic heterocycles. The lowest BCUT2D eigenvalue weighted by atomic mass is 10.2. The Morgan fingerprint density at radius 1 is 1.20 bits per heavy atom. The zero-order chi connectivity index (χ0) is 14.6. The molecule has 0 aromatic carbocycles. The van der Waals surface area contributed by atoms with Crippen molar-refractivity contribution in [2.75, 3.05) is 59.4 Å². The summed E-state index contributed by atoms with van der Waals surface area (Å²) in [5.74, 6) is 0.869. The Hall–Kier alpha value is -1.43. The quantitative estimate of drug-likeness (QED) is 0.661. The van der Waals surface area contributed by atoms with Crippen LogP contribution in [0.25, 0.3) is 6.08 Å². The Kier molecular flexibility index (Phi) is 8.62. The number of aromatic nitrogens is 1. The van der Waals surface area contributed by atoms with Gasteiger partial charge in [0, 0.05) is 19.8 Å². The molecular weight excluding hydrogens is 254 g/mol. The number of rotatable bonds is 10. The molecule has 0 atom stereocenters. The molecular formula is C15H25N3O2. The van der Waals surface area contributed by atoms with Crippen molar-refractivity contribution in [3.8, 4) is 0 Å². The molecule has 0 radical (unpaired) electrons. The van der Waals surface area contributed by atoms with E-state index in [1.807, 2.05) is 51.6 Å². The van der Waals surface area contributed by atoms with Crippen LogP contribution in [0.15, 0.2) is 24.4 Å². The molecule has 5 nitrogen and oxygen atoms in total. The number of nitrogens with one attached hydrogen (secondary N) is 1. The highest BCUT2D eigenvalue weighted by molar-refractivity contribution is 5.50. The van der Waals surface area contributed by atoms with Crippen LogP contribution in [0.3, 0.4) is 0 Å². The Labute approximate surface area is 121 Å². The predicted octanol–water partition coefficient (Wildman–Crippen LogP) is 1.73. The summed E-state index contributed by atoms with van der Waals surface area (Å²) >= 11 is 0. The topological polar surface area (TPSA) is 46.6 Å². The summed E-state index contributed by atoms with van der Waals surface area (Å²) in [5, 5.41) is 2.99. The van der Waals surface area contributed by atoms with Gasteiger partial charge in [0.05, 0.1) is 26.4 Å². The lowest BCUT2D eigenvalue weighted by Gasteiger charge is -2.09. The Morgan fingerprint density at radius 2 is 2.00 bits per heavy atom. The van der Waals surface area contributed by atoms with E-state index in [-0.39, 0.29) is 0 Å². The van der Waals surface area contributed by atoms with E-state index in [2.05, 4.69) is 15.2 Å². The van der Waals surface area contributed by atoms with E-state index in [1.165, 1.54) is 0 Å². The van der Waals surface area contributed by atoms with Gasteiger partial charge in [-0.1, -0.05) is 12.2 Å².